The molecule has 3 N–H and O–H groups in total. The van der Waals surface area contributed by atoms with Gasteiger partial charge in [-0.15, -0.1) is 0 Å². The number of likely N-dealkylation sites (tertiary alicyclic amines) is 1. The van der Waals surface area contributed by atoms with E-state index < -0.39 is 139 Å². The van der Waals surface area contributed by atoms with Crippen molar-refractivity contribution in [3.8, 4) is 0 Å². The molecule has 9 atom stereocenters. The number of nitrogens with one attached hydrogen (secondary N) is 3. The van der Waals surface area contributed by atoms with Gasteiger partial charge in [0.1, 0.15) is 48.3 Å². The highest BCUT2D eigenvalue weighted by molar-refractivity contribution is 6.30. The Morgan fingerprint density at radius 2 is 1.22 bits per heavy atom. The molecular weight excluding hydrogens is 1220 g/mol. The zero-order chi connectivity index (χ0) is 69.2. The van der Waals surface area contributed by atoms with E-state index >= 15 is 0 Å². The second kappa shape index (κ2) is 35.8. The maximum Gasteiger partial charge on any atom is 0.246 e. The number of hydrogen-bond acceptors (Lipinski definition) is 12. The minimum absolute atomic E-state index is 0.0160. The number of carbonyl (C=O) groups excluding carboxylic acids is 12. The summed E-state index contributed by atoms with van der Waals surface area (Å²) >= 11 is 6.21. The van der Waals surface area contributed by atoms with E-state index in [-0.39, 0.29) is 62.5 Å². The normalized spacial score (nSPS) is 26.9. The van der Waals surface area contributed by atoms with Crippen LogP contribution in [-0.4, -0.2) is 251 Å². The molecule has 0 radical (unpaired) electrons. The van der Waals surface area contributed by atoms with Crippen LogP contribution in [0, 0.1) is 23.7 Å². The third-order valence-corrected chi connectivity index (χ3v) is 20.5. The van der Waals surface area contributed by atoms with Gasteiger partial charge >= 0.3 is 0 Å². The molecule has 5 fully saturated rings. The van der Waals surface area contributed by atoms with E-state index in [2.05, 4.69) is 16.0 Å². The van der Waals surface area contributed by atoms with Crippen molar-refractivity contribution in [3.63, 3.8) is 0 Å². The second-order valence-electron chi connectivity index (χ2n) is 28.0. The summed E-state index contributed by atoms with van der Waals surface area (Å²) in [4.78, 5) is 187. The molecule has 1 aromatic carbocycles. The number of amides is 12. The molecular formula is C69H109ClN12O12. The Morgan fingerprint density at radius 3 is 1.84 bits per heavy atom. The number of piperidine rings is 1. The summed E-state index contributed by atoms with van der Waals surface area (Å²) in [6.07, 6.45) is 9.95. The molecule has 5 aliphatic rings. The largest absolute Gasteiger partial charge is 0.354 e. The molecule has 24 nitrogen and oxygen atoms in total. The van der Waals surface area contributed by atoms with Gasteiger partial charge in [0.25, 0.3) is 0 Å². The van der Waals surface area contributed by atoms with Crippen LogP contribution >= 0.6 is 11.6 Å². The summed E-state index contributed by atoms with van der Waals surface area (Å²) in [6, 6.07) is -1.42. The first-order chi connectivity index (χ1) is 44.6. The van der Waals surface area contributed by atoms with Crippen molar-refractivity contribution in [3.05, 3.63) is 34.9 Å². The first kappa shape index (κ1) is 76.2. The highest BCUT2D eigenvalue weighted by Gasteiger charge is 2.46. The van der Waals surface area contributed by atoms with Crippen LogP contribution in [-0.2, 0) is 64.0 Å². The van der Waals surface area contributed by atoms with E-state index in [1.165, 1.54) is 81.5 Å². The molecule has 0 unspecified atom stereocenters. The Balaban J connectivity index is 1.32. The van der Waals surface area contributed by atoms with E-state index in [1.54, 1.807) is 37.8 Å². The fraction of sp³-hybridized carbons (Fsp3) is 0.739. The van der Waals surface area contributed by atoms with Crippen molar-refractivity contribution in [2.45, 2.75) is 218 Å². The number of fused-ring (bicyclic) bond motifs is 2. The average molecular weight is 1330 g/mol. The van der Waals surface area contributed by atoms with E-state index in [0.717, 1.165) is 56.9 Å². The van der Waals surface area contributed by atoms with Gasteiger partial charge in [-0.25, -0.2) is 0 Å². The maximum absolute atomic E-state index is 14.9. The third-order valence-electron chi connectivity index (χ3n) is 20.2. The first-order valence-electron chi connectivity index (χ1n) is 34.6. The van der Waals surface area contributed by atoms with Crippen molar-refractivity contribution >= 4 is 82.5 Å². The lowest BCUT2D eigenvalue weighted by atomic mass is 9.84. The summed E-state index contributed by atoms with van der Waals surface area (Å²) in [5.41, 5.74) is 0.856. The topological polar surface area (TPSA) is 270 Å². The smallest absolute Gasteiger partial charge is 0.246 e. The van der Waals surface area contributed by atoms with Gasteiger partial charge in [-0.3, -0.25) is 57.5 Å². The van der Waals surface area contributed by atoms with Crippen LogP contribution in [0.25, 0.3) is 0 Å². The highest BCUT2D eigenvalue weighted by Crippen LogP contribution is 2.31. The maximum atomic E-state index is 14.9. The molecule has 4 saturated heterocycles. The average Bonchev–Trinajstić information content (AvgIpc) is 0.917. The molecule has 94 heavy (non-hydrogen) atoms. The predicted octanol–water partition coefficient (Wildman–Crippen LogP) is 4.48. The van der Waals surface area contributed by atoms with Crippen LogP contribution in [0.2, 0.25) is 5.02 Å². The van der Waals surface area contributed by atoms with E-state index in [9.17, 15) is 57.5 Å². The quantitative estimate of drug-likeness (QED) is 0.277. The molecule has 0 aromatic heterocycles. The summed E-state index contributed by atoms with van der Waals surface area (Å²) in [6.45, 7) is 11.6. The number of aryl methyl sites for hydroxylation is 1. The van der Waals surface area contributed by atoms with Crippen molar-refractivity contribution in [1.82, 2.24) is 60.0 Å². The third kappa shape index (κ3) is 20.1. The molecule has 4 aliphatic heterocycles. The zero-order valence-corrected chi connectivity index (χ0v) is 58.9. The highest BCUT2D eigenvalue weighted by atomic mass is 35.5. The monoisotopic (exact) mass is 1330 g/mol. The fourth-order valence-corrected chi connectivity index (χ4v) is 14.1. The lowest BCUT2D eigenvalue weighted by Gasteiger charge is -2.44. The predicted molar refractivity (Wildman–Crippen MR) is 357 cm³/mol. The molecule has 0 spiro atoms. The minimum atomic E-state index is -1.31. The van der Waals surface area contributed by atoms with Gasteiger partial charge in [0, 0.05) is 86.5 Å². The van der Waals surface area contributed by atoms with Gasteiger partial charge in [-0.1, -0.05) is 104 Å². The van der Waals surface area contributed by atoms with E-state index in [1.807, 2.05) is 32.9 Å². The van der Waals surface area contributed by atoms with Crippen molar-refractivity contribution < 1.29 is 57.5 Å². The molecule has 524 valence electrons. The van der Waals surface area contributed by atoms with Crippen LogP contribution in [0.5, 0.6) is 0 Å². The number of carbonyl (C=O) groups is 12. The van der Waals surface area contributed by atoms with Gasteiger partial charge in [0.2, 0.25) is 70.9 Å². The van der Waals surface area contributed by atoms with Crippen LogP contribution < -0.4 is 16.0 Å². The number of rotatable bonds is 11. The fourth-order valence-electron chi connectivity index (χ4n) is 14.0. The SMILES string of the molecule is CC[C@H](C)[C@@H]1NC(=O)[C@H](CC(C)C)N(C)C(=O)C[C@@H](C(=O)N2CCCCC2)N(C)C(=O)[C@H](C(C)C)N(C)C(=O)CCCCNC(=O)[C@@H]2CCCN2C(=O)[C@H](CCc2ccc(Cl)cc2)NC(=O)CN(C)C(=O)[C@H](CC2CCCCC2)N(C)C(=O)[C@@H]2CCN2C(=O)CN(C)C1=O. The lowest BCUT2D eigenvalue weighted by Crippen LogP contribution is -2.63. The lowest BCUT2D eigenvalue weighted by molar-refractivity contribution is -0.158. The van der Waals surface area contributed by atoms with Crippen molar-refractivity contribution in [2.24, 2.45) is 23.7 Å². The van der Waals surface area contributed by atoms with Crippen LogP contribution in [0.3, 0.4) is 0 Å². The second-order valence-corrected chi connectivity index (χ2v) is 28.4. The van der Waals surface area contributed by atoms with Gasteiger partial charge in [0.15, 0.2) is 0 Å². The van der Waals surface area contributed by atoms with Crippen LogP contribution in [0.4, 0.5) is 0 Å². The summed E-state index contributed by atoms with van der Waals surface area (Å²) in [5.74, 6) is -7.01. The van der Waals surface area contributed by atoms with Gasteiger partial charge in [0.05, 0.1) is 19.5 Å². The van der Waals surface area contributed by atoms with Crippen molar-refractivity contribution in [2.75, 3.05) is 88.1 Å². The molecule has 1 aliphatic carbocycles. The number of halogens is 1. The van der Waals surface area contributed by atoms with Crippen LogP contribution in [0.1, 0.15) is 169 Å². The molecule has 0 bridgehead atoms. The van der Waals surface area contributed by atoms with Gasteiger partial charge in [-0.2, -0.15) is 0 Å². The van der Waals surface area contributed by atoms with Gasteiger partial charge in [-0.05, 0) is 118 Å². The Kier molecular flexibility index (Phi) is 29.0. The minimum Gasteiger partial charge on any atom is -0.354 e. The zero-order valence-electron chi connectivity index (χ0n) is 58.1. The Labute approximate surface area is 562 Å². The number of likely N-dealkylation sites (N-methyl/N-ethyl adjacent to an activating group) is 6. The molecule has 25 heteroatoms. The number of benzene rings is 1. The van der Waals surface area contributed by atoms with Crippen molar-refractivity contribution in [1.29, 1.82) is 0 Å². The molecule has 12 amide bonds. The Hall–Kier alpha value is -6.85. The molecule has 6 rings (SSSR count). The molecule has 1 saturated carbocycles. The Bertz CT molecular complexity index is 2830. The standard InChI is InChI=1S/C69H109ClN12O12/c1-13-46(6)60-68(93)75(8)43-59(86)81-38-33-52(81)66(91)77(10)54(40-48-23-16-14-17-24-48)65(90)74(7)42-56(83)72-50(32-29-47-27-30-49(70)31-28-47)64(89)82-37-22-25-51(82)62(87)71-34-19-18-26-57(84)79(12)61(45(4)5)69(94)78(11)55(67(92)80-35-20-15-21-36-80)41-58(85)76(9)53(39-44(2)3)63(88)73-60/h27-28,30-31,44-46,48,50-55,60-61H,13-26,29,32-43H2,1-12H3,(H,71,87)(H,72,83)(H,73,88)/t46-,50-,51-,52-,53-,54-,55-,60-,61-/m0/s1. The van der Waals surface area contributed by atoms with E-state index in [0.29, 0.717) is 69.5 Å². The summed E-state index contributed by atoms with van der Waals surface area (Å²) < 4.78 is 0. The Morgan fingerprint density at radius 1 is 0.574 bits per heavy atom. The first-order valence-corrected chi connectivity index (χ1v) is 35.0. The van der Waals surface area contributed by atoms with E-state index in [4.69, 9.17) is 11.6 Å². The summed E-state index contributed by atoms with van der Waals surface area (Å²) in [7, 11) is 8.93. The van der Waals surface area contributed by atoms with Gasteiger partial charge < -0.3 is 60.0 Å². The molecule has 4 heterocycles. The van der Waals surface area contributed by atoms with Crippen LogP contribution in [0.15, 0.2) is 24.3 Å². The number of hydrogen-bond donors (Lipinski definition) is 3. The summed E-state index contributed by atoms with van der Waals surface area (Å²) in [5, 5.41) is 9.32. The number of nitrogens with zero attached hydrogens (tertiary/aromatic N) is 9. The molecule has 1 aromatic rings.